The van der Waals surface area contributed by atoms with Gasteiger partial charge in [0.2, 0.25) is 0 Å². The number of rotatable bonds is 5. The van der Waals surface area contributed by atoms with Gasteiger partial charge < -0.3 is 0 Å². The van der Waals surface area contributed by atoms with Gasteiger partial charge in [0.15, 0.2) is 0 Å². The Bertz CT molecular complexity index is 243. The predicted octanol–water partition coefficient (Wildman–Crippen LogP) is 3.75. The summed E-state index contributed by atoms with van der Waals surface area (Å²) < 4.78 is 12.7. The number of hydrogen-bond acceptors (Lipinski definition) is 0. The van der Waals surface area contributed by atoms with E-state index in [4.69, 9.17) is 0 Å². The topological polar surface area (TPSA) is 0 Å². The molecular formula is C12H16F. The molecule has 1 heteroatoms. The van der Waals surface area contributed by atoms with Gasteiger partial charge in [0.1, 0.15) is 5.82 Å². The van der Waals surface area contributed by atoms with Gasteiger partial charge in [0.05, 0.1) is 0 Å². The Balaban J connectivity index is 2.28. The summed E-state index contributed by atoms with van der Waals surface area (Å²) >= 11 is 0. The van der Waals surface area contributed by atoms with Crippen molar-refractivity contribution in [3.8, 4) is 0 Å². The Kier molecular flexibility index (Phi) is 4.52. The molecular weight excluding hydrogens is 163 g/mol. The van der Waals surface area contributed by atoms with Gasteiger partial charge in [-0.1, -0.05) is 32.3 Å². The maximum absolute atomic E-state index is 12.7. The standard InChI is InChI=1S/C12H16F/c1-2-3-4-5-7-11-8-6-9-12(13)10-11/h6,9-10H,2-5,7H2,1H3. The first-order valence-electron chi connectivity index (χ1n) is 4.99. The summed E-state index contributed by atoms with van der Waals surface area (Å²) in [7, 11) is 0. The normalized spacial score (nSPS) is 10.3. The Morgan fingerprint density at radius 3 is 2.85 bits per heavy atom. The summed E-state index contributed by atoms with van der Waals surface area (Å²) in [6.45, 7) is 2.19. The molecule has 0 spiro atoms. The second-order valence-corrected chi connectivity index (χ2v) is 3.34. The minimum absolute atomic E-state index is 0.149. The molecule has 0 unspecified atom stereocenters. The molecule has 0 atom stereocenters. The van der Waals surface area contributed by atoms with Crippen LogP contribution >= 0.6 is 0 Å². The highest BCUT2D eigenvalue weighted by molar-refractivity contribution is 5.14. The van der Waals surface area contributed by atoms with Crippen molar-refractivity contribution < 1.29 is 4.39 Å². The van der Waals surface area contributed by atoms with E-state index in [-0.39, 0.29) is 5.82 Å². The lowest BCUT2D eigenvalue weighted by Gasteiger charge is -2.00. The molecule has 0 amide bonds. The molecule has 1 radical (unpaired) electrons. The van der Waals surface area contributed by atoms with E-state index in [9.17, 15) is 4.39 Å². The average molecular weight is 179 g/mol. The molecule has 1 aromatic rings. The minimum atomic E-state index is -0.149. The molecule has 0 bridgehead atoms. The number of benzene rings is 1. The molecule has 0 nitrogen and oxygen atoms in total. The van der Waals surface area contributed by atoms with E-state index in [1.165, 1.54) is 25.3 Å². The van der Waals surface area contributed by atoms with Crippen molar-refractivity contribution >= 4 is 0 Å². The van der Waals surface area contributed by atoms with Crippen molar-refractivity contribution in [3.63, 3.8) is 0 Å². The lowest BCUT2D eigenvalue weighted by molar-refractivity contribution is 0.621. The molecule has 0 aliphatic heterocycles. The zero-order chi connectivity index (χ0) is 9.52. The van der Waals surface area contributed by atoms with E-state index in [0.29, 0.717) is 0 Å². The molecule has 0 saturated heterocycles. The second-order valence-electron chi connectivity index (χ2n) is 3.34. The summed E-state index contributed by atoms with van der Waals surface area (Å²) in [6, 6.07) is 7.72. The van der Waals surface area contributed by atoms with Crippen molar-refractivity contribution in [2.75, 3.05) is 0 Å². The minimum Gasteiger partial charge on any atom is -0.207 e. The second kappa shape index (κ2) is 5.74. The number of halogens is 1. The van der Waals surface area contributed by atoms with Crippen LogP contribution in [0.3, 0.4) is 0 Å². The van der Waals surface area contributed by atoms with Crippen LogP contribution in [0.5, 0.6) is 0 Å². The van der Waals surface area contributed by atoms with Crippen LogP contribution in [0.4, 0.5) is 4.39 Å². The van der Waals surface area contributed by atoms with Gasteiger partial charge in [-0.15, -0.1) is 0 Å². The lowest BCUT2D eigenvalue weighted by Crippen LogP contribution is -1.87. The van der Waals surface area contributed by atoms with Gasteiger partial charge in [-0.05, 0) is 36.6 Å². The highest BCUT2D eigenvalue weighted by Crippen LogP contribution is 2.08. The highest BCUT2D eigenvalue weighted by Gasteiger charge is 1.95. The fourth-order valence-electron chi connectivity index (χ4n) is 1.37. The molecule has 0 saturated carbocycles. The molecule has 0 N–H and O–H groups in total. The molecule has 71 valence electrons. The zero-order valence-corrected chi connectivity index (χ0v) is 8.15. The Morgan fingerprint density at radius 2 is 2.15 bits per heavy atom. The third-order valence-electron chi connectivity index (χ3n) is 2.12. The summed E-state index contributed by atoms with van der Waals surface area (Å²) in [5, 5.41) is 0. The first-order valence-corrected chi connectivity index (χ1v) is 4.99. The van der Waals surface area contributed by atoms with Crippen LogP contribution in [0.25, 0.3) is 0 Å². The van der Waals surface area contributed by atoms with E-state index >= 15 is 0 Å². The molecule has 13 heavy (non-hydrogen) atoms. The Labute approximate surface area is 79.8 Å². The Morgan fingerprint density at radius 1 is 1.31 bits per heavy atom. The average Bonchev–Trinajstić information content (AvgIpc) is 2.13. The predicted molar refractivity (Wildman–Crippen MR) is 53.1 cm³/mol. The largest absolute Gasteiger partial charge is 0.207 e. The van der Waals surface area contributed by atoms with E-state index < -0.39 is 0 Å². The SMILES string of the molecule is CCCCCCc1[c]ccc(F)c1. The third-order valence-corrected chi connectivity index (χ3v) is 2.12. The quantitative estimate of drug-likeness (QED) is 0.604. The number of unbranched alkanes of at least 4 members (excludes halogenated alkanes) is 3. The van der Waals surface area contributed by atoms with Gasteiger partial charge in [0.25, 0.3) is 0 Å². The summed E-state index contributed by atoms with van der Waals surface area (Å²) in [5.41, 5.74) is 0.996. The fraction of sp³-hybridized carbons (Fsp3) is 0.500. The summed E-state index contributed by atoms with van der Waals surface area (Å²) in [4.78, 5) is 0. The van der Waals surface area contributed by atoms with Crippen molar-refractivity contribution in [2.24, 2.45) is 0 Å². The van der Waals surface area contributed by atoms with Crippen LogP contribution in [0.1, 0.15) is 38.2 Å². The van der Waals surface area contributed by atoms with Crippen LogP contribution in [-0.2, 0) is 6.42 Å². The van der Waals surface area contributed by atoms with Crippen molar-refractivity contribution in [1.29, 1.82) is 0 Å². The third kappa shape index (κ3) is 4.07. The van der Waals surface area contributed by atoms with Crippen LogP contribution < -0.4 is 0 Å². The summed E-state index contributed by atoms with van der Waals surface area (Å²) in [6.07, 6.45) is 5.86. The molecule has 0 fully saturated rings. The van der Waals surface area contributed by atoms with Crippen LogP contribution in [0.2, 0.25) is 0 Å². The smallest absolute Gasteiger partial charge is 0.123 e. The van der Waals surface area contributed by atoms with Crippen molar-refractivity contribution in [3.05, 3.63) is 35.6 Å². The first-order chi connectivity index (χ1) is 6.33. The van der Waals surface area contributed by atoms with Crippen LogP contribution in [0.15, 0.2) is 18.2 Å². The van der Waals surface area contributed by atoms with Crippen LogP contribution in [-0.4, -0.2) is 0 Å². The Hall–Kier alpha value is -0.850. The maximum atomic E-state index is 12.7. The van der Waals surface area contributed by atoms with Gasteiger partial charge in [-0.25, -0.2) is 4.39 Å². The van der Waals surface area contributed by atoms with Crippen molar-refractivity contribution in [2.45, 2.75) is 39.0 Å². The number of aryl methyl sites for hydroxylation is 1. The van der Waals surface area contributed by atoms with E-state index in [0.717, 1.165) is 18.4 Å². The molecule has 0 aliphatic rings. The lowest BCUT2D eigenvalue weighted by atomic mass is 10.1. The zero-order valence-electron chi connectivity index (χ0n) is 8.15. The molecule has 1 aromatic carbocycles. The maximum Gasteiger partial charge on any atom is 0.123 e. The fourth-order valence-corrected chi connectivity index (χ4v) is 1.37. The van der Waals surface area contributed by atoms with E-state index in [1.54, 1.807) is 12.1 Å². The van der Waals surface area contributed by atoms with E-state index in [2.05, 4.69) is 13.0 Å². The van der Waals surface area contributed by atoms with Gasteiger partial charge >= 0.3 is 0 Å². The molecule has 0 aliphatic carbocycles. The number of hydrogen-bond donors (Lipinski definition) is 0. The van der Waals surface area contributed by atoms with Gasteiger partial charge in [0, 0.05) is 0 Å². The van der Waals surface area contributed by atoms with E-state index in [1.807, 2.05) is 0 Å². The van der Waals surface area contributed by atoms with Gasteiger partial charge in [-0.2, -0.15) is 0 Å². The summed E-state index contributed by atoms with van der Waals surface area (Å²) in [5.74, 6) is -0.149. The first kappa shape index (κ1) is 10.2. The molecule has 1 rings (SSSR count). The highest BCUT2D eigenvalue weighted by atomic mass is 19.1. The molecule has 0 aromatic heterocycles. The molecule has 0 heterocycles. The van der Waals surface area contributed by atoms with Gasteiger partial charge in [-0.3, -0.25) is 0 Å². The van der Waals surface area contributed by atoms with Crippen LogP contribution in [0, 0.1) is 11.9 Å². The van der Waals surface area contributed by atoms with Crippen molar-refractivity contribution in [1.82, 2.24) is 0 Å². The monoisotopic (exact) mass is 179 g/mol.